The molecule has 0 saturated heterocycles. The number of carboxylic acids is 3. The topological polar surface area (TPSA) is 164 Å². The van der Waals surface area contributed by atoms with Gasteiger partial charge >= 0.3 is 24.0 Å². The van der Waals surface area contributed by atoms with E-state index < -0.39 is 24.0 Å². The molecule has 0 unspecified atom stereocenters. The summed E-state index contributed by atoms with van der Waals surface area (Å²) in [6.45, 7) is 5.02. The zero-order chi connectivity index (χ0) is 18.4. The van der Waals surface area contributed by atoms with Crippen molar-refractivity contribution in [2.24, 2.45) is 5.73 Å². The number of benzene rings is 1. The van der Waals surface area contributed by atoms with Crippen molar-refractivity contribution in [3.63, 3.8) is 0 Å². The number of ether oxygens (including phenoxy) is 1. The predicted molar refractivity (Wildman–Crippen MR) is 79.4 cm³/mol. The molecule has 0 bridgehead atoms. The average Bonchev–Trinajstić information content (AvgIpc) is 2.48. The van der Waals surface area contributed by atoms with Gasteiger partial charge in [0.1, 0.15) is 0 Å². The van der Waals surface area contributed by atoms with Crippen LogP contribution in [0.1, 0.15) is 27.6 Å². The lowest BCUT2D eigenvalue weighted by molar-refractivity contribution is -0.131. The first-order valence-electron chi connectivity index (χ1n) is 6.00. The standard InChI is InChI=1S/C8H6O4.C3H7NO2.C3H4O2/c9-7(10)5-3-1-2-4-6(5)8(11)12;1-2-6-3(4)5;1-2-3(4)5/h1-4H,(H,9,10)(H,11,12);2H2,1H3,(H2,4,5);2H,1H2,(H,4,5). The Morgan fingerprint density at radius 1 is 1.09 bits per heavy atom. The van der Waals surface area contributed by atoms with Crippen LogP contribution in [0.15, 0.2) is 36.9 Å². The van der Waals surface area contributed by atoms with Crippen molar-refractivity contribution in [3.8, 4) is 0 Å². The Balaban J connectivity index is 0. The van der Waals surface area contributed by atoms with Crippen molar-refractivity contribution in [2.75, 3.05) is 6.61 Å². The molecule has 0 fully saturated rings. The summed E-state index contributed by atoms with van der Waals surface area (Å²) in [6, 6.07) is 5.48. The minimum Gasteiger partial charge on any atom is -0.478 e. The number of hydrogen-bond donors (Lipinski definition) is 4. The molecule has 1 rings (SSSR count). The number of amides is 1. The van der Waals surface area contributed by atoms with Gasteiger partial charge in [-0.1, -0.05) is 18.7 Å². The molecular weight excluding hydrogens is 310 g/mol. The fraction of sp³-hybridized carbons (Fsp3) is 0.143. The monoisotopic (exact) mass is 327 g/mol. The summed E-state index contributed by atoms with van der Waals surface area (Å²) >= 11 is 0. The van der Waals surface area contributed by atoms with E-state index in [1.165, 1.54) is 24.3 Å². The Morgan fingerprint density at radius 2 is 1.43 bits per heavy atom. The molecule has 0 aliphatic heterocycles. The quantitative estimate of drug-likeness (QED) is 0.603. The molecule has 126 valence electrons. The van der Waals surface area contributed by atoms with Gasteiger partial charge in [-0.05, 0) is 19.1 Å². The third kappa shape index (κ3) is 12.1. The number of aromatic carboxylic acids is 2. The van der Waals surface area contributed by atoms with Gasteiger partial charge in [-0.15, -0.1) is 0 Å². The van der Waals surface area contributed by atoms with Gasteiger partial charge in [-0.3, -0.25) is 0 Å². The van der Waals surface area contributed by atoms with E-state index in [9.17, 15) is 19.2 Å². The maximum atomic E-state index is 10.5. The maximum absolute atomic E-state index is 10.5. The second-order valence-corrected chi connectivity index (χ2v) is 3.45. The number of nitrogens with two attached hydrogens (primary N) is 1. The van der Waals surface area contributed by atoms with Crippen LogP contribution in [-0.4, -0.2) is 45.9 Å². The third-order valence-corrected chi connectivity index (χ3v) is 1.85. The molecule has 0 heterocycles. The number of hydrogen-bond acceptors (Lipinski definition) is 5. The van der Waals surface area contributed by atoms with Crippen LogP contribution in [-0.2, 0) is 9.53 Å². The van der Waals surface area contributed by atoms with Crippen molar-refractivity contribution in [2.45, 2.75) is 6.92 Å². The highest BCUT2D eigenvalue weighted by atomic mass is 16.5. The van der Waals surface area contributed by atoms with Gasteiger partial charge in [0.05, 0.1) is 17.7 Å². The summed E-state index contributed by atoms with van der Waals surface area (Å²) in [4.78, 5) is 39.8. The normalized spacial score (nSPS) is 8.22. The van der Waals surface area contributed by atoms with Crippen molar-refractivity contribution in [1.82, 2.24) is 0 Å². The summed E-state index contributed by atoms with van der Waals surface area (Å²) in [7, 11) is 0. The second kappa shape index (κ2) is 12.4. The first kappa shape index (κ1) is 21.9. The van der Waals surface area contributed by atoms with Gasteiger partial charge < -0.3 is 25.8 Å². The Bertz CT molecular complexity index is 535. The summed E-state index contributed by atoms with van der Waals surface area (Å²) in [5.74, 6) is -3.44. The largest absolute Gasteiger partial charge is 0.478 e. The molecule has 1 amide bonds. The van der Waals surface area contributed by atoms with Crippen LogP contribution in [0.5, 0.6) is 0 Å². The Morgan fingerprint density at radius 3 is 1.57 bits per heavy atom. The molecule has 0 aliphatic rings. The summed E-state index contributed by atoms with van der Waals surface area (Å²) in [5.41, 5.74) is 4.16. The zero-order valence-electron chi connectivity index (χ0n) is 12.3. The molecule has 5 N–H and O–H groups in total. The highest BCUT2D eigenvalue weighted by Gasteiger charge is 2.13. The van der Waals surface area contributed by atoms with E-state index in [-0.39, 0.29) is 11.1 Å². The van der Waals surface area contributed by atoms with E-state index in [0.717, 1.165) is 6.08 Å². The molecule has 0 aromatic heterocycles. The van der Waals surface area contributed by atoms with E-state index >= 15 is 0 Å². The van der Waals surface area contributed by atoms with E-state index in [1.807, 2.05) is 0 Å². The van der Waals surface area contributed by atoms with Crippen LogP contribution in [0.25, 0.3) is 0 Å². The molecule has 0 radical (unpaired) electrons. The van der Waals surface area contributed by atoms with Crippen LogP contribution in [0.2, 0.25) is 0 Å². The summed E-state index contributed by atoms with van der Waals surface area (Å²) < 4.78 is 4.18. The minimum atomic E-state index is -1.23. The molecule has 9 nitrogen and oxygen atoms in total. The van der Waals surface area contributed by atoms with E-state index in [1.54, 1.807) is 6.92 Å². The second-order valence-electron chi connectivity index (χ2n) is 3.45. The van der Waals surface area contributed by atoms with Crippen LogP contribution >= 0.6 is 0 Å². The maximum Gasteiger partial charge on any atom is 0.404 e. The van der Waals surface area contributed by atoms with Gasteiger partial charge in [0.15, 0.2) is 0 Å². The molecule has 9 heteroatoms. The van der Waals surface area contributed by atoms with Gasteiger partial charge in [0, 0.05) is 6.08 Å². The smallest absolute Gasteiger partial charge is 0.404 e. The fourth-order valence-corrected chi connectivity index (χ4v) is 0.998. The number of carbonyl (C=O) groups is 4. The molecule has 23 heavy (non-hydrogen) atoms. The number of rotatable bonds is 4. The van der Waals surface area contributed by atoms with E-state index in [4.69, 9.17) is 15.3 Å². The Hall–Kier alpha value is -3.36. The zero-order valence-corrected chi connectivity index (χ0v) is 12.3. The Kier molecular flexibility index (Phi) is 11.8. The van der Waals surface area contributed by atoms with Gasteiger partial charge in [0.2, 0.25) is 0 Å². The van der Waals surface area contributed by atoms with Crippen LogP contribution in [0.3, 0.4) is 0 Å². The Labute approximate surface area is 131 Å². The first-order chi connectivity index (χ1) is 10.7. The lowest BCUT2D eigenvalue weighted by Gasteiger charge is -1.98. The third-order valence-electron chi connectivity index (χ3n) is 1.85. The van der Waals surface area contributed by atoms with Crippen molar-refractivity contribution >= 4 is 24.0 Å². The lowest BCUT2D eigenvalue weighted by Crippen LogP contribution is -2.11. The lowest BCUT2D eigenvalue weighted by atomic mass is 10.1. The van der Waals surface area contributed by atoms with Gasteiger partial charge in [-0.2, -0.15) is 0 Å². The summed E-state index contributed by atoms with van der Waals surface area (Å²) in [6.07, 6.45) is 0.123. The predicted octanol–water partition coefficient (Wildman–Crippen LogP) is 1.44. The number of carbonyl (C=O) groups excluding carboxylic acids is 1. The molecule has 0 saturated carbocycles. The molecule has 1 aromatic carbocycles. The average molecular weight is 327 g/mol. The van der Waals surface area contributed by atoms with Crippen LogP contribution in [0.4, 0.5) is 4.79 Å². The van der Waals surface area contributed by atoms with Gasteiger partial charge in [-0.25, -0.2) is 19.2 Å². The van der Waals surface area contributed by atoms with Crippen LogP contribution in [0, 0.1) is 0 Å². The SMILES string of the molecule is C=CC(=O)O.CCOC(N)=O.O=C(O)c1ccccc1C(=O)O. The first-order valence-corrected chi connectivity index (χ1v) is 6.00. The minimum absolute atomic E-state index is 0.190. The number of carboxylic acid groups (broad SMARTS) is 3. The van der Waals surface area contributed by atoms with Gasteiger partial charge in [0.25, 0.3) is 0 Å². The van der Waals surface area contributed by atoms with E-state index in [0.29, 0.717) is 6.61 Å². The van der Waals surface area contributed by atoms with Crippen molar-refractivity contribution < 1.29 is 39.2 Å². The highest BCUT2D eigenvalue weighted by Crippen LogP contribution is 2.07. The molecule has 1 aromatic rings. The molecule has 0 atom stereocenters. The number of aliphatic carboxylic acids is 1. The molecule has 0 aliphatic carbocycles. The van der Waals surface area contributed by atoms with E-state index in [2.05, 4.69) is 17.0 Å². The van der Waals surface area contributed by atoms with Crippen LogP contribution < -0.4 is 5.73 Å². The highest BCUT2D eigenvalue weighted by molar-refractivity contribution is 6.01. The summed E-state index contributed by atoms with van der Waals surface area (Å²) in [5, 5.41) is 24.7. The van der Waals surface area contributed by atoms with Crippen molar-refractivity contribution in [1.29, 1.82) is 0 Å². The number of primary amides is 1. The molecule has 0 spiro atoms. The fourth-order valence-electron chi connectivity index (χ4n) is 0.998. The van der Waals surface area contributed by atoms with Crippen molar-refractivity contribution in [3.05, 3.63) is 48.0 Å². The molecular formula is C14H17NO8.